The molecule has 1 fully saturated rings. The van der Waals surface area contributed by atoms with Crippen molar-refractivity contribution in [3.8, 4) is 0 Å². The van der Waals surface area contributed by atoms with Gasteiger partial charge in [0.25, 0.3) is 5.91 Å². The predicted octanol–water partition coefficient (Wildman–Crippen LogP) is 5.83. The van der Waals surface area contributed by atoms with Crippen LogP contribution >= 0.6 is 34.4 Å². The van der Waals surface area contributed by atoms with Crippen molar-refractivity contribution in [1.29, 1.82) is 0 Å². The van der Waals surface area contributed by atoms with E-state index in [4.69, 9.17) is 10.1 Å². The minimum absolute atomic E-state index is 0.193. The second-order valence-corrected chi connectivity index (χ2v) is 12.2. The number of hydrogen-bond acceptors (Lipinski definition) is 8. The van der Waals surface area contributed by atoms with Crippen molar-refractivity contribution in [3.05, 3.63) is 45.4 Å². The number of aryl methyl sites for hydroxylation is 1. The Bertz CT molecular complexity index is 1280. The highest BCUT2D eigenvalue weighted by atomic mass is 32.2. The molecule has 0 spiro atoms. The number of carbonyl (C=O) groups excluding carboxylic acids is 1. The monoisotopic (exact) mass is 484 g/mol. The summed E-state index contributed by atoms with van der Waals surface area (Å²) in [5.41, 5.74) is 2.92. The number of fused-ring (bicyclic) bond motifs is 1. The molecule has 166 valence electrons. The maximum atomic E-state index is 13.3. The van der Waals surface area contributed by atoms with Gasteiger partial charge in [0.2, 0.25) is 5.13 Å². The molecule has 4 aromatic heterocycles. The number of nitrogens with zero attached hydrogens (tertiary/aromatic N) is 5. The van der Waals surface area contributed by atoms with Gasteiger partial charge in [0.05, 0.1) is 22.2 Å². The molecular formula is C22H24N6OS3. The molecule has 1 N–H and O–H groups in total. The summed E-state index contributed by atoms with van der Waals surface area (Å²) in [6.07, 6.45) is 2.23. The third kappa shape index (κ3) is 4.31. The SMILES string of the molecule is Cc1nn(C(C)(C)C)c2nc(C3CC3)cc(C(=O)Nc3nnc(SCc4cccs4)s3)c12. The fourth-order valence-electron chi connectivity index (χ4n) is 3.55. The lowest BCUT2D eigenvalue weighted by molar-refractivity contribution is 0.102. The van der Waals surface area contributed by atoms with Crippen LogP contribution in [0.2, 0.25) is 0 Å². The van der Waals surface area contributed by atoms with Crippen LogP contribution in [0.3, 0.4) is 0 Å². The molecule has 4 heterocycles. The fourth-order valence-corrected chi connectivity index (χ4v) is 6.07. The number of thioether (sulfide) groups is 1. The van der Waals surface area contributed by atoms with E-state index < -0.39 is 0 Å². The van der Waals surface area contributed by atoms with Crippen molar-refractivity contribution in [2.24, 2.45) is 0 Å². The van der Waals surface area contributed by atoms with Crippen LogP contribution in [-0.4, -0.2) is 30.9 Å². The Kier molecular flexibility index (Phi) is 5.55. The molecule has 0 bridgehead atoms. The van der Waals surface area contributed by atoms with Gasteiger partial charge in [-0.2, -0.15) is 5.10 Å². The number of pyridine rings is 1. The summed E-state index contributed by atoms with van der Waals surface area (Å²) in [4.78, 5) is 19.6. The molecular weight excluding hydrogens is 460 g/mol. The van der Waals surface area contributed by atoms with Gasteiger partial charge in [-0.3, -0.25) is 10.1 Å². The zero-order chi connectivity index (χ0) is 22.5. The highest BCUT2D eigenvalue weighted by molar-refractivity contribution is 8.00. The number of amides is 1. The lowest BCUT2D eigenvalue weighted by atomic mass is 10.1. The Balaban J connectivity index is 1.44. The van der Waals surface area contributed by atoms with Gasteiger partial charge in [-0.25, -0.2) is 9.67 Å². The Labute approximate surface area is 198 Å². The van der Waals surface area contributed by atoms with Gasteiger partial charge in [0, 0.05) is 22.2 Å². The lowest BCUT2D eigenvalue weighted by Crippen LogP contribution is -2.23. The first-order valence-electron chi connectivity index (χ1n) is 10.5. The smallest absolute Gasteiger partial charge is 0.258 e. The number of nitrogens with one attached hydrogen (secondary N) is 1. The molecule has 4 aromatic rings. The summed E-state index contributed by atoms with van der Waals surface area (Å²) in [6.45, 7) is 8.23. The molecule has 1 aliphatic rings. The van der Waals surface area contributed by atoms with E-state index in [0.717, 1.165) is 45.4 Å². The van der Waals surface area contributed by atoms with Crippen LogP contribution in [0.1, 0.15) is 66.2 Å². The Hall–Kier alpha value is -2.30. The third-order valence-corrected chi connectivity index (χ3v) is 8.33. The molecule has 1 amide bonds. The van der Waals surface area contributed by atoms with Crippen LogP contribution in [0.15, 0.2) is 27.9 Å². The number of rotatable bonds is 6. The number of hydrogen-bond donors (Lipinski definition) is 1. The first-order valence-corrected chi connectivity index (χ1v) is 13.2. The summed E-state index contributed by atoms with van der Waals surface area (Å²) in [5.74, 6) is 1.08. The molecule has 5 rings (SSSR count). The molecule has 32 heavy (non-hydrogen) atoms. The second-order valence-electron chi connectivity index (χ2n) is 8.93. The molecule has 7 nitrogen and oxygen atoms in total. The van der Waals surface area contributed by atoms with Crippen molar-refractivity contribution in [2.45, 2.75) is 62.1 Å². The van der Waals surface area contributed by atoms with Crippen LogP contribution in [0, 0.1) is 6.92 Å². The number of anilines is 1. The standard InChI is InChI=1S/C22H24N6OS3/c1-12-17-15(10-16(13-7-8-13)23-18(17)28(27-12)22(2,3)4)19(29)24-20-25-26-21(32-20)31-11-14-6-5-9-30-14/h5-6,9-10,13H,7-8,11H2,1-4H3,(H,24,25,29). The van der Waals surface area contributed by atoms with Crippen LogP contribution in [0.4, 0.5) is 5.13 Å². The van der Waals surface area contributed by atoms with E-state index >= 15 is 0 Å². The largest absolute Gasteiger partial charge is 0.296 e. The highest BCUT2D eigenvalue weighted by Crippen LogP contribution is 2.41. The second kappa shape index (κ2) is 8.24. The first-order chi connectivity index (χ1) is 15.3. The van der Waals surface area contributed by atoms with E-state index in [1.165, 1.54) is 16.2 Å². The average Bonchev–Trinajstić information content (AvgIpc) is 3.12. The number of carbonyl (C=O) groups is 1. The van der Waals surface area contributed by atoms with Gasteiger partial charge >= 0.3 is 0 Å². The van der Waals surface area contributed by atoms with E-state index in [2.05, 4.69) is 47.7 Å². The topological polar surface area (TPSA) is 85.6 Å². The molecule has 0 aromatic carbocycles. The maximum Gasteiger partial charge on any atom is 0.258 e. The van der Waals surface area contributed by atoms with Crippen LogP contribution in [0.25, 0.3) is 11.0 Å². The molecule has 0 saturated heterocycles. The Morgan fingerprint density at radius 1 is 1.31 bits per heavy atom. The number of thiophene rings is 1. The first kappa shape index (κ1) is 21.5. The van der Waals surface area contributed by atoms with E-state index in [-0.39, 0.29) is 11.4 Å². The molecule has 0 radical (unpaired) electrons. The summed E-state index contributed by atoms with van der Waals surface area (Å²) >= 11 is 4.75. The summed E-state index contributed by atoms with van der Waals surface area (Å²) in [7, 11) is 0. The molecule has 0 aliphatic heterocycles. The normalized spacial score (nSPS) is 14.2. The van der Waals surface area contributed by atoms with Gasteiger partial charge in [-0.05, 0) is 58.0 Å². The minimum Gasteiger partial charge on any atom is -0.296 e. The van der Waals surface area contributed by atoms with Crippen molar-refractivity contribution in [3.63, 3.8) is 0 Å². The summed E-state index contributed by atoms with van der Waals surface area (Å²) in [5, 5.41) is 19.5. The summed E-state index contributed by atoms with van der Waals surface area (Å²) < 4.78 is 2.77. The van der Waals surface area contributed by atoms with E-state index in [9.17, 15) is 4.79 Å². The molecule has 0 unspecified atom stereocenters. The number of aromatic nitrogens is 5. The maximum absolute atomic E-state index is 13.3. The third-order valence-electron chi connectivity index (χ3n) is 5.25. The fraction of sp³-hybridized carbons (Fsp3) is 0.409. The van der Waals surface area contributed by atoms with Crippen LogP contribution < -0.4 is 5.32 Å². The predicted molar refractivity (Wildman–Crippen MR) is 131 cm³/mol. The van der Waals surface area contributed by atoms with Crippen LogP contribution in [0.5, 0.6) is 0 Å². The van der Waals surface area contributed by atoms with Crippen molar-refractivity contribution in [1.82, 2.24) is 25.0 Å². The highest BCUT2D eigenvalue weighted by Gasteiger charge is 2.30. The molecule has 10 heteroatoms. The zero-order valence-corrected chi connectivity index (χ0v) is 20.8. The Morgan fingerprint density at radius 3 is 2.81 bits per heavy atom. The average molecular weight is 485 g/mol. The molecule has 1 aliphatic carbocycles. The van der Waals surface area contributed by atoms with Gasteiger partial charge in [0.15, 0.2) is 9.99 Å². The molecule has 0 atom stereocenters. The minimum atomic E-state index is -0.233. The van der Waals surface area contributed by atoms with E-state index in [1.807, 2.05) is 23.7 Å². The van der Waals surface area contributed by atoms with Gasteiger partial charge < -0.3 is 0 Å². The van der Waals surface area contributed by atoms with Crippen molar-refractivity contribution >= 4 is 56.5 Å². The Morgan fingerprint density at radius 2 is 2.12 bits per heavy atom. The van der Waals surface area contributed by atoms with Gasteiger partial charge in [-0.1, -0.05) is 29.2 Å². The quantitative estimate of drug-likeness (QED) is 0.274. The van der Waals surface area contributed by atoms with Crippen LogP contribution in [-0.2, 0) is 11.3 Å². The zero-order valence-electron chi connectivity index (χ0n) is 18.4. The van der Waals surface area contributed by atoms with Crippen molar-refractivity contribution < 1.29 is 4.79 Å². The van der Waals surface area contributed by atoms with Gasteiger partial charge in [-0.15, -0.1) is 21.5 Å². The van der Waals surface area contributed by atoms with Crippen molar-refractivity contribution in [2.75, 3.05) is 5.32 Å². The van der Waals surface area contributed by atoms with Gasteiger partial charge in [0.1, 0.15) is 0 Å². The van der Waals surface area contributed by atoms with E-state index in [1.54, 1.807) is 23.1 Å². The van der Waals surface area contributed by atoms with E-state index in [0.29, 0.717) is 16.6 Å². The lowest BCUT2D eigenvalue weighted by Gasteiger charge is -2.20. The molecule has 1 saturated carbocycles. The summed E-state index contributed by atoms with van der Waals surface area (Å²) in [6, 6.07) is 6.08.